The molecule has 0 fully saturated rings. The normalized spacial score (nSPS) is 14.7. The van der Waals surface area contributed by atoms with E-state index in [9.17, 15) is 14.4 Å². The van der Waals surface area contributed by atoms with E-state index in [1.165, 1.54) is 22.7 Å². The number of thiazole rings is 1. The Morgan fingerprint density at radius 2 is 1.64 bits per heavy atom. The van der Waals surface area contributed by atoms with E-state index in [-0.39, 0.29) is 18.1 Å². The molecule has 6 rings (SSSR count). The van der Waals surface area contributed by atoms with Crippen molar-refractivity contribution < 1.29 is 19.1 Å². The number of esters is 2. The molecule has 45 heavy (non-hydrogen) atoms. The Hall–Kier alpha value is -4.80. The molecule has 0 radical (unpaired) electrons. The molecule has 0 amide bonds. The first-order valence-corrected chi connectivity index (χ1v) is 16.3. The number of aryl methyl sites for hydroxylation is 1. The number of hydrogen-bond donors (Lipinski definition) is 0. The van der Waals surface area contributed by atoms with Crippen LogP contribution in [0.25, 0.3) is 17.5 Å². The maximum Gasteiger partial charge on any atom is 0.338 e. The average Bonchev–Trinajstić information content (AvgIpc) is 3.76. The minimum absolute atomic E-state index is 0.202. The lowest BCUT2D eigenvalue weighted by molar-refractivity contribution is -0.138. The highest BCUT2D eigenvalue weighted by atomic mass is 32.1. The number of carbonyl (C=O) groups is 2. The minimum Gasteiger partial charge on any atom is -0.463 e. The minimum atomic E-state index is -0.678. The van der Waals surface area contributed by atoms with Gasteiger partial charge in [-0.25, -0.2) is 14.6 Å². The smallest absolute Gasteiger partial charge is 0.338 e. The van der Waals surface area contributed by atoms with E-state index < -0.39 is 12.0 Å². The summed E-state index contributed by atoms with van der Waals surface area (Å²) in [6.45, 7) is 8.06. The third-order valence-electron chi connectivity index (χ3n) is 7.58. The second kappa shape index (κ2) is 12.7. The van der Waals surface area contributed by atoms with Gasteiger partial charge in [0.1, 0.15) is 6.04 Å². The molecule has 228 valence electrons. The number of rotatable bonds is 8. The summed E-state index contributed by atoms with van der Waals surface area (Å²) in [5.41, 5.74) is 5.57. The predicted octanol–water partition coefficient (Wildman–Crippen LogP) is 5.58. The molecule has 1 aliphatic heterocycles. The van der Waals surface area contributed by atoms with E-state index in [4.69, 9.17) is 14.5 Å². The highest BCUT2D eigenvalue weighted by Crippen LogP contribution is 2.36. The van der Waals surface area contributed by atoms with Gasteiger partial charge in [0, 0.05) is 27.5 Å². The Balaban J connectivity index is 1.50. The topological polar surface area (TPSA) is 91.9 Å². The van der Waals surface area contributed by atoms with Crippen LogP contribution in [0.1, 0.15) is 57.6 Å². The van der Waals surface area contributed by atoms with Crippen LogP contribution in [0.2, 0.25) is 0 Å². The molecule has 0 unspecified atom stereocenters. The molecule has 0 aliphatic carbocycles. The summed E-state index contributed by atoms with van der Waals surface area (Å²) < 4.78 is 14.8. The summed E-state index contributed by atoms with van der Waals surface area (Å²) in [5.74, 6) is -0.853. The molecule has 1 atom stereocenters. The lowest BCUT2D eigenvalue weighted by atomic mass is 9.97. The summed E-state index contributed by atoms with van der Waals surface area (Å²) in [4.78, 5) is 46.1. The van der Waals surface area contributed by atoms with E-state index in [0.717, 1.165) is 33.1 Å². The fourth-order valence-electron chi connectivity index (χ4n) is 5.59. The van der Waals surface area contributed by atoms with Crippen LogP contribution in [-0.4, -0.2) is 34.3 Å². The summed E-state index contributed by atoms with van der Waals surface area (Å²) in [6, 6.07) is 22.0. The van der Waals surface area contributed by atoms with Crippen molar-refractivity contribution in [2.75, 3.05) is 13.2 Å². The number of benzene rings is 2. The predicted molar refractivity (Wildman–Crippen MR) is 177 cm³/mol. The standard InChI is InChI=1S/C35H31N3O5S2/c1-5-42-33(40)24-14-16-26(17-15-24)37-21(3)19-25(22(37)4)20-28-32(39)38-31(27-13-10-18-44-27)29(34(41)43-6-2)30(36-35(38)45-28)23-11-8-7-9-12-23/h7-20,31H,5-6H2,1-4H3/b28-20-/t31-/m1/s1. The SMILES string of the molecule is CCOC(=O)C1=C(c2ccccc2)N=c2s/c(=C\c3cc(C)n(-c4ccc(C(=O)OCC)cc4)c3C)c(=O)n2[C@@H]1c1cccs1. The first kappa shape index (κ1) is 30.2. The van der Waals surface area contributed by atoms with Gasteiger partial charge in [0.05, 0.1) is 34.6 Å². The van der Waals surface area contributed by atoms with Crippen LogP contribution in [0.5, 0.6) is 0 Å². The van der Waals surface area contributed by atoms with E-state index in [1.807, 2.05) is 86.0 Å². The van der Waals surface area contributed by atoms with Gasteiger partial charge in [-0.05, 0) is 81.1 Å². The monoisotopic (exact) mass is 637 g/mol. The second-order valence-electron chi connectivity index (χ2n) is 10.4. The Morgan fingerprint density at radius 3 is 2.31 bits per heavy atom. The van der Waals surface area contributed by atoms with Gasteiger partial charge in [0.25, 0.3) is 5.56 Å². The van der Waals surface area contributed by atoms with Gasteiger partial charge in [0.2, 0.25) is 0 Å². The lowest BCUT2D eigenvalue weighted by Crippen LogP contribution is -2.39. The number of thiophene rings is 1. The summed E-state index contributed by atoms with van der Waals surface area (Å²) >= 11 is 2.78. The van der Waals surface area contributed by atoms with Crippen LogP contribution in [0.4, 0.5) is 0 Å². The molecule has 0 saturated carbocycles. The molecule has 0 bridgehead atoms. The number of nitrogens with zero attached hydrogens (tertiary/aromatic N) is 3. The molecule has 1 aliphatic rings. The third-order valence-corrected chi connectivity index (χ3v) is 9.49. The molecule has 0 saturated heterocycles. The van der Waals surface area contributed by atoms with Crippen molar-refractivity contribution in [3.63, 3.8) is 0 Å². The molecule has 0 spiro atoms. The van der Waals surface area contributed by atoms with Gasteiger partial charge >= 0.3 is 11.9 Å². The highest BCUT2D eigenvalue weighted by molar-refractivity contribution is 7.10. The number of fused-ring (bicyclic) bond motifs is 1. The number of ether oxygens (including phenoxy) is 2. The zero-order chi connectivity index (χ0) is 31.7. The maximum absolute atomic E-state index is 14.2. The van der Waals surface area contributed by atoms with Crippen LogP contribution in [0.15, 0.2) is 93.5 Å². The van der Waals surface area contributed by atoms with Crippen molar-refractivity contribution in [3.05, 3.63) is 136 Å². The first-order chi connectivity index (χ1) is 21.8. The van der Waals surface area contributed by atoms with Gasteiger partial charge in [-0.3, -0.25) is 9.36 Å². The van der Waals surface area contributed by atoms with Crippen LogP contribution < -0.4 is 14.9 Å². The summed E-state index contributed by atoms with van der Waals surface area (Å²) in [6.07, 6.45) is 1.89. The highest BCUT2D eigenvalue weighted by Gasteiger charge is 2.35. The average molecular weight is 638 g/mol. The lowest BCUT2D eigenvalue weighted by Gasteiger charge is -2.24. The van der Waals surface area contributed by atoms with Crippen molar-refractivity contribution in [2.45, 2.75) is 33.7 Å². The van der Waals surface area contributed by atoms with E-state index >= 15 is 0 Å². The molecular weight excluding hydrogens is 607 g/mol. The molecule has 5 aromatic rings. The number of carbonyl (C=O) groups excluding carboxylic acids is 2. The Bertz CT molecular complexity index is 2100. The molecule has 0 N–H and O–H groups in total. The molecule has 4 heterocycles. The summed E-state index contributed by atoms with van der Waals surface area (Å²) in [7, 11) is 0. The van der Waals surface area contributed by atoms with Gasteiger partial charge < -0.3 is 14.0 Å². The maximum atomic E-state index is 14.2. The molecule has 2 aromatic carbocycles. The fourth-order valence-corrected chi connectivity index (χ4v) is 7.41. The van der Waals surface area contributed by atoms with Gasteiger partial charge in [-0.2, -0.15) is 0 Å². The van der Waals surface area contributed by atoms with E-state index in [1.54, 1.807) is 30.5 Å². The Kier molecular flexibility index (Phi) is 8.51. The second-order valence-corrected chi connectivity index (χ2v) is 12.4. The van der Waals surface area contributed by atoms with Crippen molar-refractivity contribution in [3.8, 4) is 5.69 Å². The molecule has 8 nitrogen and oxygen atoms in total. The van der Waals surface area contributed by atoms with Crippen molar-refractivity contribution in [1.82, 2.24) is 9.13 Å². The number of hydrogen-bond acceptors (Lipinski definition) is 8. The fraction of sp³-hybridized carbons (Fsp3) is 0.200. The number of aromatic nitrogens is 2. The Morgan fingerprint density at radius 1 is 0.933 bits per heavy atom. The van der Waals surface area contributed by atoms with E-state index in [0.29, 0.717) is 32.8 Å². The van der Waals surface area contributed by atoms with Crippen molar-refractivity contribution >= 4 is 46.4 Å². The molecular formula is C35H31N3O5S2. The largest absolute Gasteiger partial charge is 0.463 e. The molecule has 10 heteroatoms. The zero-order valence-electron chi connectivity index (χ0n) is 25.3. The quantitative estimate of drug-likeness (QED) is 0.207. The summed E-state index contributed by atoms with van der Waals surface area (Å²) in [5, 5.41) is 1.93. The van der Waals surface area contributed by atoms with Crippen LogP contribution >= 0.6 is 22.7 Å². The van der Waals surface area contributed by atoms with Crippen LogP contribution in [0, 0.1) is 13.8 Å². The van der Waals surface area contributed by atoms with Gasteiger partial charge in [-0.15, -0.1) is 11.3 Å². The van der Waals surface area contributed by atoms with Crippen molar-refractivity contribution in [2.24, 2.45) is 4.99 Å². The van der Waals surface area contributed by atoms with Crippen LogP contribution in [-0.2, 0) is 14.3 Å². The van der Waals surface area contributed by atoms with Crippen LogP contribution in [0.3, 0.4) is 0 Å². The Labute approximate surface area is 267 Å². The third kappa shape index (κ3) is 5.63. The van der Waals surface area contributed by atoms with E-state index in [2.05, 4.69) is 4.57 Å². The van der Waals surface area contributed by atoms with Crippen molar-refractivity contribution in [1.29, 1.82) is 0 Å². The molecule has 3 aromatic heterocycles. The van der Waals surface area contributed by atoms with Gasteiger partial charge in [-0.1, -0.05) is 47.7 Å². The zero-order valence-corrected chi connectivity index (χ0v) is 26.9. The van der Waals surface area contributed by atoms with Gasteiger partial charge in [0.15, 0.2) is 4.80 Å². The first-order valence-electron chi connectivity index (χ1n) is 14.6.